The fourth-order valence-electron chi connectivity index (χ4n) is 1.93. The van der Waals surface area contributed by atoms with Gasteiger partial charge in [0.1, 0.15) is 5.82 Å². The Balaban J connectivity index is 2.17. The Labute approximate surface area is 121 Å². The molecule has 2 N–H and O–H groups in total. The van der Waals surface area contributed by atoms with Crippen molar-refractivity contribution in [3.05, 3.63) is 63.9 Å². The van der Waals surface area contributed by atoms with Crippen molar-refractivity contribution in [3.63, 3.8) is 0 Å². The Morgan fingerprint density at radius 1 is 1.11 bits per heavy atom. The molecule has 0 aliphatic carbocycles. The first-order chi connectivity index (χ1) is 9.08. The Kier molecular flexibility index (Phi) is 4.56. The fraction of sp³-hybridized carbons (Fsp3) is 0.200. The standard InChI is InChI=1S/C15H16BrFN2/c1-19(10-11-2-4-14(17)5-3-11)15-7-12(9-18)6-13(16)8-15/h2-8H,9-10,18H2,1H3. The first-order valence-corrected chi connectivity index (χ1v) is 6.83. The van der Waals surface area contributed by atoms with E-state index in [1.807, 2.05) is 19.2 Å². The van der Waals surface area contributed by atoms with Crippen LogP contribution in [0.25, 0.3) is 0 Å². The molecule has 0 unspecified atom stereocenters. The molecule has 0 bridgehead atoms. The highest BCUT2D eigenvalue weighted by molar-refractivity contribution is 9.10. The van der Waals surface area contributed by atoms with E-state index in [0.717, 1.165) is 27.8 Å². The Bertz CT molecular complexity index is 555. The molecule has 2 nitrogen and oxygen atoms in total. The van der Waals surface area contributed by atoms with Crippen LogP contribution in [0.1, 0.15) is 11.1 Å². The molecule has 0 aromatic heterocycles. The van der Waals surface area contributed by atoms with Gasteiger partial charge in [-0.1, -0.05) is 28.1 Å². The van der Waals surface area contributed by atoms with Gasteiger partial charge in [-0.15, -0.1) is 0 Å². The molecular formula is C15H16BrFN2. The molecule has 4 heteroatoms. The highest BCUT2D eigenvalue weighted by atomic mass is 79.9. The number of hydrogen-bond acceptors (Lipinski definition) is 2. The third-order valence-corrected chi connectivity index (χ3v) is 3.41. The second kappa shape index (κ2) is 6.17. The van der Waals surface area contributed by atoms with E-state index in [9.17, 15) is 4.39 Å². The summed E-state index contributed by atoms with van der Waals surface area (Å²) in [4.78, 5) is 2.11. The maximum Gasteiger partial charge on any atom is 0.123 e. The lowest BCUT2D eigenvalue weighted by atomic mass is 10.1. The van der Waals surface area contributed by atoms with Crippen molar-refractivity contribution in [1.29, 1.82) is 0 Å². The van der Waals surface area contributed by atoms with E-state index < -0.39 is 0 Å². The predicted octanol–water partition coefficient (Wildman–Crippen LogP) is 3.68. The SMILES string of the molecule is CN(Cc1ccc(F)cc1)c1cc(Br)cc(CN)c1. The molecule has 2 aromatic carbocycles. The monoisotopic (exact) mass is 322 g/mol. The second-order valence-corrected chi connectivity index (χ2v) is 5.42. The lowest BCUT2D eigenvalue weighted by Gasteiger charge is -2.20. The number of rotatable bonds is 4. The van der Waals surface area contributed by atoms with E-state index in [4.69, 9.17) is 5.73 Å². The molecule has 0 saturated heterocycles. The Morgan fingerprint density at radius 3 is 2.42 bits per heavy atom. The Morgan fingerprint density at radius 2 is 1.79 bits per heavy atom. The van der Waals surface area contributed by atoms with E-state index in [1.54, 1.807) is 12.1 Å². The molecule has 100 valence electrons. The molecule has 0 fully saturated rings. The maximum absolute atomic E-state index is 12.9. The van der Waals surface area contributed by atoms with Crippen LogP contribution < -0.4 is 10.6 Å². The van der Waals surface area contributed by atoms with Crippen LogP contribution in [0, 0.1) is 5.82 Å². The molecule has 0 heterocycles. The van der Waals surface area contributed by atoms with Gasteiger partial charge in [0.15, 0.2) is 0 Å². The molecule has 19 heavy (non-hydrogen) atoms. The molecule has 2 aromatic rings. The molecule has 0 saturated carbocycles. The number of halogens is 2. The van der Waals surface area contributed by atoms with Gasteiger partial charge in [0.25, 0.3) is 0 Å². The van der Waals surface area contributed by atoms with Crippen LogP contribution >= 0.6 is 15.9 Å². The van der Waals surface area contributed by atoms with Crippen molar-refractivity contribution in [2.75, 3.05) is 11.9 Å². The van der Waals surface area contributed by atoms with Gasteiger partial charge in [0, 0.05) is 30.3 Å². The van der Waals surface area contributed by atoms with Crippen molar-refractivity contribution >= 4 is 21.6 Å². The minimum Gasteiger partial charge on any atom is -0.370 e. The number of hydrogen-bond donors (Lipinski definition) is 1. The molecular weight excluding hydrogens is 307 g/mol. The highest BCUT2D eigenvalue weighted by Crippen LogP contribution is 2.23. The van der Waals surface area contributed by atoms with Crippen molar-refractivity contribution in [2.24, 2.45) is 5.73 Å². The molecule has 0 radical (unpaired) electrons. The summed E-state index contributed by atoms with van der Waals surface area (Å²) in [6, 6.07) is 12.7. The van der Waals surface area contributed by atoms with E-state index in [0.29, 0.717) is 6.54 Å². The number of benzene rings is 2. The average Bonchev–Trinajstić information content (AvgIpc) is 2.40. The third-order valence-electron chi connectivity index (χ3n) is 2.95. The molecule has 0 amide bonds. The normalized spacial score (nSPS) is 10.5. The number of nitrogens with zero attached hydrogens (tertiary/aromatic N) is 1. The summed E-state index contributed by atoms with van der Waals surface area (Å²) >= 11 is 3.49. The first kappa shape index (κ1) is 14.0. The van der Waals surface area contributed by atoms with Crippen molar-refractivity contribution < 1.29 is 4.39 Å². The number of anilines is 1. The van der Waals surface area contributed by atoms with Crippen molar-refractivity contribution in [1.82, 2.24) is 0 Å². The minimum absolute atomic E-state index is 0.209. The van der Waals surface area contributed by atoms with Gasteiger partial charge in [-0.25, -0.2) is 4.39 Å². The second-order valence-electron chi connectivity index (χ2n) is 4.50. The summed E-state index contributed by atoms with van der Waals surface area (Å²) in [6.07, 6.45) is 0. The lowest BCUT2D eigenvalue weighted by molar-refractivity contribution is 0.627. The van der Waals surface area contributed by atoms with Crippen LogP contribution in [-0.4, -0.2) is 7.05 Å². The molecule has 0 atom stereocenters. The van der Waals surface area contributed by atoms with Gasteiger partial charge >= 0.3 is 0 Å². The maximum atomic E-state index is 12.9. The van der Waals surface area contributed by atoms with E-state index in [2.05, 4.69) is 26.9 Å². The third kappa shape index (κ3) is 3.78. The van der Waals surface area contributed by atoms with Gasteiger partial charge < -0.3 is 10.6 Å². The van der Waals surface area contributed by atoms with Crippen molar-refractivity contribution in [3.8, 4) is 0 Å². The summed E-state index contributed by atoms with van der Waals surface area (Å²) in [5, 5.41) is 0. The van der Waals surface area contributed by atoms with Gasteiger partial charge in [0.05, 0.1) is 0 Å². The summed E-state index contributed by atoms with van der Waals surface area (Å²) in [7, 11) is 2.01. The lowest BCUT2D eigenvalue weighted by Crippen LogP contribution is -2.16. The smallest absolute Gasteiger partial charge is 0.123 e. The Hall–Kier alpha value is -1.39. The fourth-order valence-corrected chi connectivity index (χ4v) is 2.46. The van der Waals surface area contributed by atoms with Crippen LogP contribution in [0.15, 0.2) is 46.9 Å². The van der Waals surface area contributed by atoms with Crippen LogP contribution in [-0.2, 0) is 13.1 Å². The van der Waals surface area contributed by atoms with Crippen LogP contribution in [0.5, 0.6) is 0 Å². The van der Waals surface area contributed by atoms with E-state index in [1.165, 1.54) is 12.1 Å². The zero-order valence-electron chi connectivity index (χ0n) is 10.7. The molecule has 0 aliphatic rings. The predicted molar refractivity (Wildman–Crippen MR) is 80.5 cm³/mol. The highest BCUT2D eigenvalue weighted by Gasteiger charge is 2.05. The number of nitrogens with two attached hydrogens (primary N) is 1. The summed E-state index contributed by atoms with van der Waals surface area (Å²) in [5.41, 5.74) is 8.91. The summed E-state index contributed by atoms with van der Waals surface area (Å²) in [5.74, 6) is -0.209. The topological polar surface area (TPSA) is 29.3 Å². The largest absolute Gasteiger partial charge is 0.370 e. The summed E-state index contributed by atoms with van der Waals surface area (Å²) in [6.45, 7) is 1.23. The van der Waals surface area contributed by atoms with Gasteiger partial charge in [0.2, 0.25) is 0 Å². The van der Waals surface area contributed by atoms with Gasteiger partial charge in [-0.2, -0.15) is 0 Å². The molecule has 0 spiro atoms. The first-order valence-electron chi connectivity index (χ1n) is 6.03. The van der Waals surface area contributed by atoms with Gasteiger partial charge in [-0.3, -0.25) is 0 Å². The molecule has 0 aliphatic heterocycles. The summed E-state index contributed by atoms with van der Waals surface area (Å²) < 4.78 is 13.9. The van der Waals surface area contributed by atoms with Crippen LogP contribution in [0.4, 0.5) is 10.1 Å². The van der Waals surface area contributed by atoms with Crippen LogP contribution in [0.2, 0.25) is 0 Å². The van der Waals surface area contributed by atoms with E-state index >= 15 is 0 Å². The van der Waals surface area contributed by atoms with Gasteiger partial charge in [-0.05, 0) is 41.5 Å². The molecule has 2 rings (SSSR count). The van der Waals surface area contributed by atoms with Crippen LogP contribution in [0.3, 0.4) is 0 Å². The average molecular weight is 323 g/mol. The van der Waals surface area contributed by atoms with Crippen molar-refractivity contribution in [2.45, 2.75) is 13.1 Å². The van der Waals surface area contributed by atoms with E-state index in [-0.39, 0.29) is 5.82 Å². The minimum atomic E-state index is -0.209. The quantitative estimate of drug-likeness (QED) is 0.930. The zero-order valence-corrected chi connectivity index (χ0v) is 12.3. The zero-order chi connectivity index (χ0) is 13.8.